The number of nitrogens with zero attached hydrogens (tertiary/aromatic N) is 1. The fourth-order valence-electron chi connectivity index (χ4n) is 1.94. The van der Waals surface area contributed by atoms with Crippen molar-refractivity contribution in [3.8, 4) is 0 Å². The quantitative estimate of drug-likeness (QED) is 0.895. The second-order valence-corrected chi connectivity index (χ2v) is 5.50. The number of carbonyl (C=O) groups excluding carboxylic acids is 1. The summed E-state index contributed by atoms with van der Waals surface area (Å²) in [6.45, 7) is 0.972. The number of benzene rings is 1. The summed E-state index contributed by atoms with van der Waals surface area (Å²) in [5.41, 5.74) is 0.906. The molecule has 1 aromatic rings. The number of likely N-dealkylation sites (tertiary alicyclic amines) is 1. The average Bonchev–Trinajstić information content (AvgIpc) is 2.29. The zero-order chi connectivity index (χ0) is 14.7. The van der Waals surface area contributed by atoms with E-state index in [2.05, 4.69) is 5.32 Å². The van der Waals surface area contributed by atoms with Gasteiger partial charge in [-0.05, 0) is 24.1 Å². The smallest absolute Gasteiger partial charge is 0.317 e. The minimum atomic E-state index is -0.859. The Hall–Kier alpha value is -1.46. The monoisotopic (exact) mass is 316 g/mol. The van der Waals surface area contributed by atoms with E-state index in [1.807, 2.05) is 6.07 Å². The minimum absolute atomic E-state index is 0.243. The lowest BCUT2D eigenvalue weighted by Crippen LogP contribution is -2.56. The second-order valence-electron chi connectivity index (χ2n) is 4.66. The first kappa shape index (κ1) is 14.9. The number of carboxylic acids is 1. The molecule has 0 radical (unpaired) electrons. The van der Waals surface area contributed by atoms with Gasteiger partial charge in [0.15, 0.2) is 0 Å². The van der Waals surface area contributed by atoms with Crippen LogP contribution in [0.4, 0.5) is 4.79 Å². The van der Waals surface area contributed by atoms with Crippen molar-refractivity contribution in [3.63, 3.8) is 0 Å². The van der Waals surface area contributed by atoms with Crippen LogP contribution in [0.3, 0.4) is 0 Å². The van der Waals surface area contributed by atoms with E-state index in [4.69, 9.17) is 28.3 Å². The summed E-state index contributed by atoms with van der Waals surface area (Å²) in [4.78, 5) is 23.8. The normalized spacial score (nSPS) is 14.8. The van der Waals surface area contributed by atoms with E-state index >= 15 is 0 Å². The third kappa shape index (κ3) is 3.55. The third-order valence-corrected chi connectivity index (χ3v) is 3.79. The van der Waals surface area contributed by atoms with Crippen molar-refractivity contribution < 1.29 is 14.7 Å². The van der Waals surface area contributed by atoms with Gasteiger partial charge in [-0.25, -0.2) is 4.79 Å². The number of urea groups is 1. The molecule has 0 aliphatic carbocycles. The number of amides is 2. The highest BCUT2D eigenvalue weighted by Crippen LogP contribution is 2.21. The third-order valence-electron chi connectivity index (χ3n) is 3.20. The molecule has 0 aromatic heterocycles. The van der Waals surface area contributed by atoms with Crippen LogP contribution in [-0.4, -0.2) is 41.6 Å². The Labute approximate surface area is 126 Å². The largest absolute Gasteiger partial charge is 0.481 e. The lowest BCUT2D eigenvalue weighted by Gasteiger charge is -2.36. The standard InChI is InChI=1S/C13H14Cl2N2O3/c14-10-2-1-8(11(15)5-10)3-4-16-13(20)17-6-9(7-17)12(18)19/h1-2,5,9H,3-4,6-7H2,(H,16,20)(H,18,19). The highest BCUT2D eigenvalue weighted by molar-refractivity contribution is 6.35. The van der Waals surface area contributed by atoms with Crippen LogP contribution in [0.25, 0.3) is 0 Å². The van der Waals surface area contributed by atoms with Gasteiger partial charge in [0.2, 0.25) is 0 Å². The van der Waals surface area contributed by atoms with Gasteiger partial charge in [0.25, 0.3) is 0 Å². The predicted octanol–water partition coefficient (Wildman–Crippen LogP) is 2.26. The predicted molar refractivity (Wildman–Crippen MR) is 76.3 cm³/mol. The maximum absolute atomic E-state index is 11.7. The SMILES string of the molecule is O=C(O)C1CN(C(=O)NCCc2ccc(Cl)cc2Cl)C1. The molecule has 5 nitrogen and oxygen atoms in total. The van der Waals surface area contributed by atoms with E-state index in [1.165, 1.54) is 4.90 Å². The molecule has 0 unspecified atom stereocenters. The molecule has 7 heteroatoms. The lowest BCUT2D eigenvalue weighted by atomic mass is 10.0. The van der Waals surface area contributed by atoms with Gasteiger partial charge in [0.05, 0.1) is 5.92 Å². The molecule has 1 aliphatic rings. The first-order chi connectivity index (χ1) is 9.47. The topological polar surface area (TPSA) is 69.6 Å². The summed E-state index contributed by atoms with van der Waals surface area (Å²) in [5, 5.41) is 12.6. The zero-order valence-corrected chi connectivity index (χ0v) is 12.1. The van der Waals surface area contributed by atoms with Crippen LogP contribution < -0.4 is 5.32 Å². The van der Waals surface area contributed by atoms with Crippen LogP contribution in [0.15, 0.2) is 18.2 Å². The maximum atomic E-state index is 11.7. The molecule has 1 saturated heterocycles. The molecule has 1 fully saturated rings. The van der Waals surface area contributed by atoms with Gasteiger partial charge in [-0.2, -0.15) is 0 Å². The molecule has 1 heterocycles. The summed E-state index contributed by atoms with van der Waals surface area (Å²) in [5.74, 6) is -1.30. The van der Waals surface area contributed by atoms with Crippen LogP contribution in [0.5, 0.6) is 0 Å². The van der Waals surface area contributed by atoms with Crippen LogP contribution in [0.1, 0.15) is 5.56 Å². The molecular weight excluding hydrogens is 303 g/mol. The summed E-state index contributed by atoms with van der Waals surface area (Å²) < 4.78 is 0. The van der Waals surface area contributed by atoms with Gasteiger partial charge in [-0.1, -0.05) is 29.3 Å². The maximum Gasteiger partial charge on any atom is 0.317 e. The van der Waals surface area contributed by atoms with Crippen LogP contribution in [0, 0.1) is 5.92 Å². The molecule has 0 spiro atoms. The number of rotatable bonds is 4. The molecule has 0 saturated carbocycles. The van der Waals surface area contributed by atoms with Crippen LogP contribution in [-0.2, 0) is 11.2 Å². The number of carbonyl (C=O) groups is 2. The van der Waals surface area contributed by atoms with E-state index in [9.17, 15) is 9.59 Å². The van der Waals surface area contributed by atoms with E-state index in [-0.39, 0.29) is 19.1 Å². The lowest BCUT2D eigenvalue weighted by molar-refractivity contribution is -0.146. The molecule has 1 aliphatic heterocycles. The van der Waals surface area contributed by atoms with Crippen molar-refractivity contribution in [1.29, 1.82) is 0 Å². The Morgan fingerprint density at radius 3 is 2.65 bits per heavy atom. The highest BCUT2D eigenvalue weighted by Gasteiger charge is 2.35. The fraction of sp³-hybridized carbons (Fsp3) is 0.385. The van der Waals surface area contributed by atoms with Gasteiger partial charge in [0.1, 0.15) is 0 Å². The van der Waals surface area contributed by atoms with Crippen molar-refractivity contribution in [3.05, 3.63) is 33.8 Å². The molecule has 1 aromatic carbocycles. The molecule has 0 atom stereocenters. The van der Waals surface area contributed by atoms with Crippen molar-refractivity contribution in [2.75, 3.05) is 19.6 Å². The molecular formula is C13H14Cl2N2O3. The Kier molecular flexibility index (Phi) is 4.73. The molecule has 2 amide bonds. The molecule has 2 rings (SSSR count). The Balaban J connectivity index is 1.73. The van der Waals surface area contributed by atoms with Crippen molar-refractivity contribution in [2.24, 2.45) is 5.92 Å². The first-order valence-corrected chi connectivity index (χ1v) is 6.92. The van der Waals surface area contributed by atoms with Crippen LogP contribution >= 0.6 is 23.2 Å². The van der Waals surface area contributed by atoms with Gasteiger partial charge >= 0.3 is 12.0 Å². The van der Waals surface area contributed by atoms with Gasteiger partial charge in [-0.15, -0.1) is 0 Å². The number of hydrogen-bond acceptors (Lipinski definition) is 2. The van der Waals surface area contributed by atoms with Crippen molar-refractivity contribution in [2.45, 2.75) is 6.42 Å². The zero-order valence-electron chi connectivity index (χ0n) is 10.6. The highest BCUT2D eigenvalue weighted by atomic mass is 35.5. The van der Waals surface area contributed by atoms with E-state index in [1.54, 1.807) is 12.1 Å². The number of hydrogen-bond donors (Lipinski definition) is 2. The number of aliphatic carboxylic acids is 1. The summed E-state index contributed by atoms with van der Waals surface area (Å²) in [6, 6.07) is 4.98. The summed E-state index contributed by atoms with van der Waals surface area (Å²) in [6.07, 6.45) is 0.595. The van der Waals surface area contributed by atoms with Gasteiger partial charge in [0, 0.05) is 29.7 Å². The second kappa shape index (κ2) is 6.33. The van der Waals surface area contributed by atoms with Crippen molar-refractivity contribution >= 4 is 35.2 Å². The molecule has 20 heavy (non-hydrogen) atoms. The Bertz CT molecular complexity index is 530. The molecule has 2 N–H and O–H groups in total. The van der Waals surface area contributed by atoms with Gasteiger partial charge < -0.3 is 15.3 Å². The fourth-order valence-corrected chi connectivity index (χ4v) is 2.44. The number of carboxylic acid groups (broad SMARTS) is 1. The van der Waals surface area contributed by atoms with Gasteiger partial charge in [-0.3, -0.25) is 4.79 Å². The average molecular weight is 317 g/mol. The Morgan fingerprint density at radius 1 is 1.35 bits per heavy atom. The van der Waals surface area contributed by atoms with Crippen molar-refractivity contribution in [1.82, 2.24) is 10.2 Å². The molecule has 108 valence electrons. The number of nitrogens with one attached hydrogen (secondary N) is 1. The van der Waals surface area contributed by atoms with E-state index in [0.29, 0.717) is 23.0 Å². The number of halogens is 2. The first-order valence-electron chi connectivity index (χ1n) is 6.17. The Morgan fingerprint density at radius 2 is 2.05 bits per heavy atom. The van der Waals surface area contributed by atoms with E-state index < -0.39 is 11.9 Å². The summed E-state index contributed by atoms with van der Waals surface area (Å²) >= 11 is 11.8. The minimum Gasteiger partial charge on any atom is -0.481 e. The molecule has 0 bridgehead atoms. The van der Waals surface area contributed by atoms with E-state index in [0.717, 1.165) is 5.56 Å². The summed E-state index contributed by atoms with van der Waals surface area (Å²) in [7, 11) is 0. The van der Waals surface area contributed by atoms with Crippen LogP contribution in [0.2, 0.25) is 10.0 Å².